The van der Waals surface area contributed by atoms with Crippen LogP contribution >= 0.6 is 0 Å². The van der Waals surface area contributed by atoms with Gasteiger partial charge in [0.1, 0.15) is 0 Å². The van der Waals surface area contributed by atoms with E-state index in [1.165, 1.54) is 9.13 Å². The van der Waals surface area contributed by atoms with Gasteiger partial charge >= 0.3 is 227 Å². The van der Waals surface area contributed by atoms with Crippen molar-refractivity contribution in [1.29, 1.82) is 10.7 Å². The second kappa shape index (κ2) is 9.94. The molecule has 186 valence electrons. The minimum atomic E-state index is -0.614. The number of nitrogens with one attached hydrogen (secondary N) is 1. The summed E-state index contributed by atoms with van der Waals surface area (Å²) in [6, 6.07) is 25.4. The van der Waals surface area contributed by atoms with Gasteiger partial charge in [-0.3, -0.25) is 0 Å². The molecule has 4 heteroatoms. The van der Waals surface area contributed by atoms with Gasteiger partial charge in [0.25, 0.3) is 0 Å². The normalized spacial score (nSPS) is 22.5. The van der Waals surface area contributed by atoms with Crippen LogP contribution in [-0.2, 0) is 15.6 Å². The van der Waals surface area contributed by atoms with Gasteiger partial charge in [0.2, 0.25) is 0 Å². The molecule has 1 N–H and O–H groups in total. The van der Waals surface area contributed by atoms with Crippen LogP contribution in [0, 0.1) is 33.2 Å². The number of nitrogens with zero attached hydrogens (tertiary/aromatic N) is 1. The number of halogens is 1. The molecule has 3 aromatic rings. The Bertz CT molecular complexity index is 1360. The third-order valence-corrected chi connectivity index (χ3v) is 11.4. The Balaban J connectivity index is 1.75. The van der Waals surface area contributed by atoms with Gasteiger partial charge in [0, 0.05) is 0 Å². The fourth-order valence-electron chi connectivity index (χ4n) is 4.98. The van der Waals surface area contributed by atoms with E-state index in [-0.39, 0.29) is 21.0 Å². The summed E-state index contributed by atoms with van der Waals surface area (Å²) in [6.07, 6.45) is 0.588. The zero-order chi connectivity index (χ0) is 26.3. The summed E-state index contributed by atoms with van der Waals surface area (Å²) < 4.78 is 1.16. The van der Waals surface area contributed by atoms with Crippen molar-refractivity contribution in [3.05, 3.63) is 92.6 Å². The molecule has 0 amide bonds. The van der Waals surface area contributed by atoms with Gasteiger partial charge in [-0.05, 0) is 0 Å². The number of ketones is 1. The van der Waals surface area contributed by atoms with E-state index in [2.05, 4.69) is 82.3 Å². The van der Waals surface area contributed by atoms with Gasteiger partial charge in [-0.25, -0.2) is 0 Å². The molecule has 0 aromatic heterocycles. The quantitative estimate of drug-likeness (QED) is 0.369. The molecule has 4 rings (SSSR count). The van der Waals surface area contributed by atoms with Gasteiger partial charge in [-0.1, -0.05) is 0 Å². The monoisotopic (exact) mass is 589 g/mol. The summed E-state index contributed by atoms with van der Waals surface area (Å²) in [4.78, 5) is 13.7. The van der Waals surface area contributed by atoms with E-state index in [9.17, 15) is 10.1 Å². The average Bonchev–Trinajstić information content (AvgIpc) is 2.85. The van der Waals surface area contributed by atoms with Gasteiger partial charge in [0.15, 0.2) is 0 Å². The number of Topliss-reactive ketones (excluding diaryl/α,β-unsaturated/α-hetero) is 1. The number of alkyl halides is 1. The molecule has 1 aliphatic carbocycles. The van der Waals surface area contributed by atoms with Gasteiger partial charge in [0.05, 0.1) is 0 Å². The summed E-state index contributed by atoms with van der Waals surface area (Å²) in [5.41, 5.74) is 6.32. The molecule has 1 saturated carbocycles. The standard InChI is InChI=1S/C32H34IN2O/c1-20-14-22(19-34)16-24(15-20)23-8-7-9-26(17-23)32(6)18-28(35)21(2)29(36)30(32)33-27-12-10-25(11-13-27)31(3,4)5/h7-17,21,30,35H,18H2,1-6H3/q-1. The molecule has 3 unspecified atom stereocenters. The van der Waals surface area contributed by atoms with Crippen molar-refractivity contribution in [2.24, 2.45) is 5.92 Å². The third-order valence-electron chi connectivity index (χ3n) is 7.32. The molecule has 36 heavy (non-hydrogen) atoms. The van der Waals surface area contributed by atoms with Crippen molar-refractivity contribution in [3.63, 3.8) is 0 Å². The van der Waals surface area contributed by atoms with Crippen LogP contribution in [0.15, 0.2) is 66.7 Å². The number of hydrogen-bond acceptors (Lipinski definition) is 3. The Labute approximate surface area is 225 Å². The molecule has 3 nitrogen and oxygen atoms in total. The molecule has 1 fully saturated rings. The topological polar surface area (TPSA) is 64.7 Å². The van der Waals surface area contributed by atoms with E-state index in [1.54, 1.807) is 0 Å². The first kappa shape index (κ1) is 26.3. The van der Waals surface area contributed by atoms with Crippen LogP contribution in [0.1, 0.15) is 63.3 Å². The van der Waals surface area contributed by atoms with E-state index in [0.29, 0.717) is 17.7 Å². The number of rotatable bonds is 4. The van der Waals surface area contributed by atoms with Crippen LogP contribution in [0.5, 0.6) is 0 Å². The second-order valence-electron chi connectivity index (χ2n) is 11.3. The zero-order valence-electron chi connectivity index (χ0n) is 21.9. The molecule has 0 bridgehead atoms. The molecule has 0 saturated heterocycles. The summed E-state index contributed by atoms with van der Waals surface area (Å²) in [5, 5.41) is 18.1. The van der Waals surface area contributed by atoms with Crippen LogP contribution in [0.4, 0.5) is 0 Å². The summed E-state index contributed by atoms with van der Waals surface area (Å²) >= 11 is -0.614. The number of aryl methyl sites for hydroxylation is 1. The molecule has 3 atom stereocenters. The van der Waals surface area contributed by atoms with E-state index >= 15 is 0 Å². The second-order valence-corrected chi connectivity index (χ2v) is 14.4. The van der Waals surface area contributed by atoms with Crippen molar-refractivity contribution in [2.45, 2.75) is 62.7 Å². The predicted octanol–water partition coefficient (Wildman–Crippen LogP) is 4.04. The number of carbonyl (C=O) groups excluding carboxylic acids is 1. The number of benzene rings is 3. The SMILES string of the molecule is Cc1cc(C#N)cc(-c2cccc(C3(C)CC(=N)C(C)C(=O)C3[I-]c3ccc(C(C)(C)C)cc3)c2)c1. The van der Waals surface area contributed by atoms with Crippen molar-refractivity contribution in [1.82, 2.24) is 0 Å². The third kappa shape index (κ3) is 5.18. The number of nitriles is 1. The van der Waals surface area contributed by atoms with Crippen molar-refractivity contribution in [3.8, 4) is 17.2 Å². The fourth-order valence-corrected chi connectivity index (χ4v) is 8.59. The van der Waals surface area contributed by atoms with Crippen LogP contribution in [0.25, 0.3) is 11.1 Å². The van der Waals surface area contributed by atoms with E-state index in [0.717, 1.165) is 22.3 Å². The molecular weight excluding hydrogens is 555 g/mol. The van der Waals surface area contributed by atoms with Crippen LogP contribution < -0.4 is 21.2 Å². The maximum atomic E-state index is 13.7. The summed E-state index contributed by atoms with van der Waals surface area (Å²) in [7, 11) is 0. The Hall–Kier alpha value is -2.78. The van der Waals surface area contributed by atoms with Crippen molar-refractivity contribution < 1.29 is 26.0 Å². The van der Waals surface area contributed by atoms with E-state index in [4.69, 9.17) is 5.41 Å². The predicted molar refractivity (Wildman–Crippen MR) is 143 cm³/mol. The van der Waals surface area contributed by atoms with E-state index < -0.39 is 26.6 Å². The van der Waals surface area contributed by atoms with Crippen molar-refractivity contribution >= 4 is 11.5 Å². The Morgan fingerprint density at radius 1 is 1.03 bits per heavy atom. The van der Waals surface area contributed by atoms with Crippen molar-refractivity contribution in [2.75, 3.05) is 0 Å². The Morgan fingerprint density at radius 3 is 2.36 bits per heavy atom. The molecule has 0 heterocycles. The first-order chi connectivity index (χ1) is 16.9. The van der Waals surface area contributed by atoms with Gasteiger partial charge < -0.3 is 0 Å². The van der Waals surface area contributed by atoms with Crippen LogP contribution in [-0.4, -0.2) is 15.4 Å². The Morgan fingerprint density at radius 2 is 1.72 bits per heavy atom. The molecule has 0 radical (unpaired) electrons. The number of hydrogen-bond donors (Lipinski definition) is 1. The number of carbonyl (C=O) groups is 1. The first-order valence-corrected chi connectivity index (χ1v) is 14.7. The fraction of sp³-hybridized carbons (Fsp3) is 0.344. The summed E-state index contributed by atoms with van der Waals surface area (Å²) in [6.45, 7) is 12.7. The molecule has 3 aromatic carbocycles. The van der Waals surface area contributed by atoms with Crippen LogP contribution in [0.3, 0.4) is 0 Å². The van der Waals surface area contributed by atoms with Gasteiger partial charge in [-0.15, -0.1) is 0 Å². The average molecular weight is 590 g/mol. The molecular formula is C32H34IN2O-. The van der Waals surface area contributed by atoms with E-state index in [1.807, 2.05) is 32.0 Å². The van der Waals surface area contributed by atoms with Crippen LogP contribution in [0.2, 0.25) is 0 Å². The summed E-state index contributed by atoms with van der Waals surface area (Å²) in [5.74, 6) is -0.121. The first-order valence-electron chi connectivity index (χ1n) is 12.4. The molecule has 0 spiro atoms. The Kier molecular flexibility index (Phi) is 7.26. The molecule has 1 aliphatic rings. The van der Waals surface area contributed by atoms with Gasteiger partial charge in [-0.2, -0.15) is 0 Å². The molecule has 0 aliphatic heterocycles. The zero-order valence-corrected chi connectivity index (χ0v) is 24.1. The maximum absolute atomic E-state index is 13.7. The minimum absolute atomic E-state index is 0.0945.